The van der Waals surface area contributed by atoms with Gasteiger partial charge in [0.2, 0.25) is 0 Å². The first-order valence-electron chi connectivity index (χ1n) is 15.3. The van der Waals surface area contributed by atoms with Crippen molar-refractivity contribution in [3.8, 4) is 33.4 Å². The van der Waals surface area contributed by atoms with Gasteiger partial charge in [-0.2, -0.15) is 0 Å². The lowest BCUT2D eigenvalue weighted by Crippen LogP contribution is -1.88. The standard InChI is InChI=1S/C44H26/c1-3-31-15-17-35-19-23-37(39-25-21-33(5-1)41(31)43(35)39)29-11-7-27(8-12-29)28-9-13-30(14-10-28)38-24-20-36-18-16-32-4-2-6-34-22-26-40(38)44(36)42(32)34/h1-26H. The summed E-state index contributed by atoms with van der Waals surface area (Å²) < 4.78 is 0. The molecule has 0 radical (unpaired) electrons. The third kappa shape index (κ3) is 3.34. The first-order valence-corrected chi connectivity index (χ1v) is 15.3. The van der Waals surface area contributed by atoms with Crippen molar-refractivity contribution in [2.45, 2.75) is 0 Å². The Morgan fingerprint density at radius 3 is 0.886 bits per heavy atom. The molecule has 10 aromatic carbocycles. The van der Waals surface area contributed by atoms with Gasteiger partial charge in [0.1, 0.15) is 0 Å². The molecule has 0 N–H and O–H groups in total. The third-order valence-electron chi connectivity index (χ3n) is 9.78. The Labute approximate surface area is 255 Å². The molecular weight excluding hydrogens is 528 g/mol. The van der Waals surface area contributed by atoms with Crippen LogP contribution in [0.3, 0.4) is 0 Å². The molecule has 0 bridgehead atoms. The Morgan fingerprint density at radius 1 is 0.205 bits per heavy atom. The Balaban J connectivity index is 1.03. The normalized spacial score (nSPS) is 12.1. The van der Waals surface area contributed by atoms with Crippen LogP contribution < -0.4 is 0 Å². The molecule has 0 aromatic heterocycles. The molecule has 0 spiro atoms. The fourth-order valence-electron chi connectivity index (χ4n) is 7.66. The average Bonchev–Trinajstić information content (AvgIpc) is 3.10. The second-order valence-corrected chi connectivity index (χ2v) is 12.1. The Kier molecular flexibility index (Phi) is 4.81. The Hall–Kier alpha value is -5.72. The highest BCUT2D eigenvalue weighted by molar-refractivity contribution is 6.26. The topological polar surface area (TPSA) is 0 Å². The maximum atomic E-state index is 2.30. The molecule has 0 heterocycles. The summed E-state index contributed by atoms with van der Waals surface area (Å²) in [6.45, 7) is 0. The summed E-state index contributed by atoms with van der Waals surface area (Å²) in [7, 11) is 0. The van der Waals surface area contributed by atoms with Crippen molar-refractivity contribution in [2.75, 3.05) is 0 Å². The van der Waals surface area contributed by atoms with Crippen molar-refractivity contribution in [1.82, 2.24) is 0 Å². The predicted molar refractivity (Wildman–Crippen MR) is 190 cm³/mol. The van der Waals surface area contributed by atoms with Gasteiger partial charge in [-0.05, 0) is 98.0 Å². The first-order chi connectivity index (χ1) is 21.8. The summed E-state index contributed by atoms with van der Waals surface area (Å²) in [5.41, 5.74) is 7.52. The largest absolute Gasteiger partial charge is 0.0610 e. The van der Waals surface area contributed by atoms with Crippen molar-refractivity contribution < 1.29 is 0 Å². The second-order valence-electron chi connectivity index (χ2n) is 12.1. The van der Waals surface area contributed by atoms with Crippen LogP contribution in [0.15, 0.2) is 158 Å². The molecule has 0 saturated heterocycles. The number of hydrogen-bond donors (Lipinski definition) is 0. The summed E-state index contributed by atoms with van der Waals surface area (Å²) in [4.78, 5) is 0. The van der Waals surface area contributed by atoms with E-state index >= 15 is 0 Å². The summed E-state index contributed by atoms with van der Waals surface area (Å²) in [5, 5.41) is 15.9. The van der Waals surface area contributed by atoms with E-state index in [1.165, 1.54) is 98.0 Å². The van der Waals surface area contributed by atoms with Crippen LogP contribution >= 0.6 is 0 Å². The van der Waals surface area contributed by atoms with Gasteiger partial charge in [-0.1, -0.05) is 158 Å². The van der Waals surface area contributed by atoms with Crippen LogP contribution in [0.5, 0.6) is 0 Å². The maximum absolute atomic E-state index is 2.30. The highest BCUT2D eigenvalue weighted by atomic mass is 14.2. The van der Waals surface area contributed by atoms with Gasteiger partial charge in [-0.15, -0.1) is 0 Å². The van der Waals surface area contributed by atoms with E-state index in [2.05, 4.69) is 158 Å². The molecule has 0 atom stereocenters. The van der Waals surface area contributed by atoms with Crippen LogP contribution in [0, 0.1) is 0 Å². The van der Waals surface area contributed by atoms with Gasteiger partial charge in [-0.25, -0.2) is 0 Å². The SMILES string of the molecule is c1cc2ccc3ccc(-c4ccc(-c5ccc(-c6ccc7ccc8cccc9ccc6c7c89)cc5)cc4)c4ccc(c1)c2c34. The quantitative estimate of drug-likeness (QED) is 0.191. The lowest BCUT2D eigenvalue weighted by atomic mass is 9.89. The van der Waals surface area contributed by atoms with E-state index in [4.69, 9.17) is 0 Å². The highest BCUT2D eigenvalue weighted by Gasteiger charge is 2.14. The zero-order valence-corrected chi connectivity index (χ0v) is 24.0. The third-order valence-corrected chi connectivity index (χ3v) is 9.78. The maximum Gasteiger partial charge on any atom is -0.00206 e. The van der Waals surface area contributed by atoms with E-state index in [0.717, 1.165) is 0 Å². The van der Waals surface area contributed by atoms with Gasteiger partial charge in [-0.3, -0.25) is 0 Å². The minimum atomic E-state index is 1.23. The van der Waals surface area contributed by atoms with Crippen LogP contribution in [0.4, 0.5) is 0 Å². The number of hydrogen-bond acceptors (Lipinski definition) is 0. The van der Waals surface area contributed by atoms with Crippen LogP contribution in [0.25, 0.3) is 98.0 Å². The Bertz CT molecular complexity index is 2450. The summed E-state index contributed by atoms with van der Waals surface area (Å²) in [6, 6.07) is 58.6. The van der Waals surface area contributed by atoms with Gasteiger partial charge in [0.05, 0.1) is 0 Å². The van der Waals surface area contributed by atoms with Crippen molar-refractivity contribution in [2.24, 2.45) is 0 Å². The predicted octanol–water partition coefficient (Wildman–Crippen LogP) is 12.5. The molecule has 0 fully saturated rings. The van der Waals surface area contributed by atoms with Crippen LogP contribution in [0.2, 0.25) is 0 Å². The molecular formula is C44H26. The van der Waals surface area contributed by atoms with Gasteiger partial charge in [0.25, 0.3) is 0 Å². The van der Waals surface area contributed by atoms with Crippen molar-refractivity contribution in [3.63, 3.8) is 0 Å². The second kappa shape index (κ2) is 8.89. The van der Waals surface area contributed by atoms with Crippen molar-refractivity contribution in [3.05, 3.63) is 158 Å². The van der Waals surface area contributed by atoms with E-state index in [1.54, 1.807) is 0 Å². The van der Waals surface area contributed by atoms with Crippen LogP contribution in [0.1, 0.15) is 0 Å². The molecule has 0 nitrogen and oxygen atoms in total. The van der Waals surface area contributed by atoms with E-state index < -0.39 is 0 Å². The molecule has 0 aliphatic carbocycles. The summed E-state index contributed by atoms with van der Waals surface area (Å²) >= 11 is 0. The molecule has 10 aromatic rings. The highest BCUT2D eigenvalue weighted by Crippen LogP contribution is 2.41. The van der Waals surface area contributed by atoms with E-state index in [1.807, 2.05) is 0 Å². The fraction of sp³-hybridized carbons (Fsp3) is 0. The zero-order chi connectivity index (χ0) is 28.8. The van der Waals surface area contributed by atoms with Gasteiger partial charge in [0.15, 0.2) is 0 Å². The van der Waals surface area contributed by atoms with Crippen LogP contribution in [-0.4, -0.2) is 0 Å². The smallest absolute Gasteiger partial charge is 0.00206 e. The van der Waals surface area contributed by atoms with Gasteiger partial charge >= 0.3 is 0 Å². The molecule has 0 aliphatic heterocycles. The lowest BCUT2D eigenvalue weighted by Gasteiger charge is -2.15. The minimum absolute atomic E-state index is 1.23. The van der Waals surface area contributed by atoms with Crippen molar-refractivity contribution in [1.29, 1.82) is 0 Å². The molecule has 0 heteroatoms. The lowest BCUT2D eigenvalue weighted by molar-refractivity contribution is 1.60. The molecule has 44 heavy (non-hydrogen) atoms. The molecule has 10 rings (SSSR count). The van der Waals surface area contributed by atoms with E-state index in [9.17, 15) is 0 Å². The van der Waals surface area contributed by atoms with Gasteiger partial charge in [0, 0.05) is 0 Å². The van der Waals surface area contributed by atoms with Crippen LogP contribution in [-0.2, 0) is 0 Å². The molecule has 0 saturated carbocycles. The minimum Gasteiger partial charge on any atom is -0.0610 e. The van der Waals surface area contributed by atoms with Crippen molar-refractivity contribution >= 4 is 64.6 Å². The molecule has 0 unspecified atom stereocenters. The number of rotatable bonds is 3. The molecule has 0 aliphatic rings. The first kappa shape index (κ1) is 23.8. The number of benzene rings is 10. The van der Waals surface area contributed by atoms with E-state index in [0.29, 0.717) is 0 Å². The fourth-order valence-corrected chi connectivity index (χ4v) is 7.66. The molecule has 202 valence electrons. The average molecular weight is 555 g/mol. The Morgan fingerprint density at radius 2 is 0.500 bits per heavy atom. The summed E-state index contributed by atoms with van der Waals surface area (Å²) in [6.07, 6.45) is 0. The summed E-state index contributed by atoms with van der Waals surface area (Å²) in [5.74, 6) is 0. The van der Waals surface area contributed by atoms with E-state index in [-0.39, 0.29) is 0 Å². The zero-order valence-electron chi connectivity index (χ0n) is 24.0. The monoisotopic (exact) mass is 554 g/mol. The van der Waals surface area contributed by atoms with Gasteiger partial charge < -0.3 is 0 Å². The molecule has 0 amide bonds.